The van der Waals surface area contributed by atoms with Gasteiger partial charge in [0.05, 0.1) is 30.8 Å². The van der Waals surface area contributed by atoms with Gasteiger partial charge in [0.2, 0.25) is 5.91 Å². The molecule has 1 aromatic heterocycles. The number of aromatic nitrogens is 2. The van der Waals surface area contributed by atoms with Crippen LogP contribution in [0, 0.1) is 0 Å². The number of nitrogens with zero attached hydrogens (tertiary/aromatic N) is 2. The SMILES string of the molecule is COc1ccc2c(c1)nc1n2[C@@H](CNC(C)=O)COC1. The quantitative estimate of drug-likeness (QED) is 0.915. The average Bonchev–Trinajstić information content (AvgIpc) is 2.82. The predicted molar refractivity (Wildman–Crippen MR) is 73.7 cm³/mol. The van der Waals surface area contributed by atoms with Crippen molar-refractivity contribution in [3.8, 4) is 5.75 Å². The third-order valence-electron chi connectivity index (χ3n) is 3.46. The van der Waals surface area contributed by atoms with Crippen molar-refractivity contribution in [1.82, 2.24) is 14.9 Å². The number of nitrogens with one attached hydrogen (secondary N) is 1. The van der Waals surface area contributed by atoms with E-state index in [1.165, 1.54) is 6.92 Å². The third kappa shape index (κ3) is 2.22. The molecular weight excluding hydrogens is 258 g/mol. The minimum Gasteiger partial charge on any atom is -0.497 e. The van der Waals surface area contributed by atoms with Gasteiger partial charge in [0, 0.05) is 19.5 Å². The second-order valence-electron chi connectivity index (χ2n) is 4.86. The topological polar surface area (TPSA) is 65.4 Å². The Labute approximate surface area is 116 Å². The van der Waals surface area contributed by atoms with Crippen LogP contribution in [-0.4, -0.2) is 35.7 Å². The number of imidazole rings is 1. The molecule has 6 nitrogen and oxygen atoms in total. The number of fused-ring (bicyclic) bond motifs is 3. The standard InChI is InChI=1S/C14H17N3O3/c1-9(18)15-6-10-7-20-8-14-16-12-5-11(19-2)3-4-13(12)17(10)14/h3-5,10H,6-8H2,1-2H3,(H,15,18)/t10-/m0/s1. The smallest absolute Gasteiger partial charge is 0.216 e. The third-order valence-corrected chi connectivity index (χ3v) is 3.46. The lowest BCUT2D eigenvalue weighted by molar-refractivity contribution is -0.119. The van der Waals surface area contributed by atoms with Crippen molar-refractivity contribution in [3.05, 3.63) is 24.0 Å². The fourth-order valence-corrected chi connectivity index (χ4v) is 2.54. The first-order valence-electron chi connectivity index (χ1n) is 6.56. The summed E-state index contributed by atoms with van der Waals surface area (Å²) >= 11 is 0. The molecular formula is C14H17N3O3. The van der Waals surface area contributed by atoms with E-state index in [0.29, 0.717) is 19.8 Å². The van der Waals surface area contributed by atoms with Gasteiger partial charge in [-0.2, -0.15) is 0 Å². The molecule has 1 aliphatic heterocycles. The Morgan fingerprint density at radius 2 is 2.45 bits per heavy atom. The van der Waals surface area contributed by atoms with Crippen molar-refractivity contribution in [2.75, 3.05) is 20.3 Å². The predicted octanol–water partition coefficient (Wildman–Crippen LogP) is 1.25. The van der Waals surface area contributed by atoms with Gasteiger partial charge in [-0.15, -0.1) is 0 Å². The maximum Gasteiger partial charge on any atom is 0.216 e. The van der Waals surface area contributed by atoms with Crippen LogP contribution >= 0.6 is 0 Å². The van der Waals surface area contributed by atoms with E-state index < -0.39 is 0 Å². The van der Waals surface area contributed by atoms with Gasteiger partial charge in [-0.25, -0.2) is 4.98 Å². The Morgan fingerprint density at radius 3 is 3.20 bits per heavy atom. The summed E-state index contributed by atoms with van der Waals surface area (Å²) in [6.07, 6.45) is 0. The van der Waals surface area contributed by atoms with Gasteiger partial charge in [0.25, 0.3) is 0 Å². The number of carbonyl (C=O) groups is 1. The van der Waals surface area contributed by atoms with E-state index >= 15 is 0 Å². The minimum absolute atomic E-state index is 0.0387. The highest BCUT2D eigenvalue weighted by Gasteiger charge is 2.24. The van der Waals surface area contributed by atoms with Crippen LogP contribution in [-0.2, 0) is 16.1 Å². The number of benzene rings is 1. The van der Waals surface area contributed by atoms with Crippen LogP contribution in [0.15, 0.2) is 18.2 Å². The van der Waals surface area contributed by atoms with E-state index in [1.54, 1.807) is 7.11 Å². The number of hydrogen-bond donors (Lipinski definition) is 1. The van der Waals surface area contributed by atoms with Crippen LogP contribution in [0.5, 0.6) is 5.75 Å². The highest BCUT2D eigenvalue weighted by atomic mass is 16.5. The van der Waals surface area contributed by atoms with Crippen molar-refractivity contribution in [2.24, 2.45) is 0 Å². The van der Waals surface area contributed by atoms with Gasteiger partial charge < -0.3 is 19.4 Å². The van der Waals surface area contributed by atoms with Crippen molar-refractivity contribution in [2.45, 2.75) is 19.6 Å². The summed E-state index contributed by atoms with van der Waals surface area (Å²) in [4.78, 5) is 15.7. The molecule has 1 aromatic carbocycles. The summed E-state index contributed by atoms with van der Waals surface area (Å²) < 4.78 is 12.9. The van der Waals surface area contributed by atoms with Gasteiger partial charge in [0.1, 0.15) is 18.2 Å². The van der Waals surface area contributed by atoms with Crippen LogP contribution in [0.3, 0.4) is 0 Å². The zero-order chi connectivity index (χ0) is 14.1. The van der Waals surface area contributed by atoms with Crippen molar-refractivity contribution < 1.29 is 14.3 Å². The number of rotatable bonds is 3. The molecule has 1 amide bonds. The second kappa shape index (κ2) is 5.13. The molecule has 1 atom stereocenters. The lowest BCUT2D eigenvalue weighted by Crippen LogP contribution is -2.34. The molecule has 1 aliphatic rings. The number of carbonyl (C=O) groups excluding carboxylic acids is 1. The fraction of sp³-hybridized carbons (Fsp3) is 0.429. The number of methoxy groups -OCH3 is 1. The van der Waals surface area contributed by atoms with Gasteiger partial charge in [-0.3, -0.25) is 4.79 Å². The fourth-order valence-electron chi connectivity index (χ4n) is 2.54. The van der Waals surface area contributed by atoms with Gasteiger partial charge in [-0.1, -0.05) is 0 Å². The molecule has 0 saturated carbocycles. The molecule has 0 bridgehead atoms. The number of amides is 1. The summed E-state index contributed by atoms with van der Waals surface area (Å²) in [5.41, 5.74) is 1.93. The second-order valence-corrected chi connectivity index (χ2v) is 4.86. The number of ether oxygens (including phenoxy) is 2. The van der Waals surface area contributed by atoms with Crippen LogP contribution < -0.4 is 10.1 Å². The Balaban J connectivity index is 2.00. The van der Waals surface area contributed by atoms with E-state index in [1.807, 2.05) is 18.2 Å². The Morgan fingerprint density at radius 1 is 1.60 bits per heavy atom. The maximum atomic E-state index is 11.1. The summed E-state index contributed by atoms with van der Waals surface area (Å²) in [5, 5.41) is 2.84. The molecule has 0 aliphatic carbocycles. The highest BCUT2D eigenvalue weighted by Crippen LogP contribution is 2.28. The Hall–Kier alpha value is -2.08. The molecule has 20 heavy (non-hydrogen) atoms. The van der Waals surface area contributed by atoms with E-state index in [-0.39, 0.29) is 11.9 Å². The Bertz CT molecular complexity index is 650. The molecule has 3 rings (SSSR count). The van der Waals surface area contributed by atoms with Crippen LogP contribution in [0.25, 0.3) is 11.0 Å². The number of hydrogen-bond acceptors (Lipinski definition) is 4. The first-order chi connectivity index (χ1) is 9.69. The molecule has 0 radical (unpaired) electrons. The normalized spacial score (nSPS) is 17.8. The zero-order valence-electron chi connectivity index (χ0n) is 11.5. The highest BCUT2D eigenvalue weighted by molar-refractivity contribution is 5.78. The first-order valence-corrected chi connectivity index (χ1v) is 6.56. The molecule has 0 fully saturated rings. The van der Waals surface area contributed by atoms with Gasteiger partial charge in [0.15, 0.2) is 0 Å². The molecule has 2 heterocycles. The molecule has 0 spiro atoms. The minimum atomic E-state index is -0.0387. The summed E-state index contributed by atoms with van der Waals surface area (Å²) in [6, 6.07) is 5.90. The maximum absolute atomic E-state index is 11.1. The zero-order valence-corrected chi connectivity index (χ0v) is 11.5. The Kier molecular flexibility index (Phi) is 3.31. The monoisotopic (exact) mass is 275 g/mol. The first kappa shape index (κ1) is 12.9. The molecule has 6 heteroatoms. The van der Waals surface area contributed by atoms with Crippen molar-refractivity contribution in [3.63, 3.8) is 0 Å². The molecule has 106 valence electrons. The summed E-state index contributed by atoms with van der Waals surface area (Å²) in [7, 11) is 1.64. The largest absolute Gasteiger partial charge is 0.497 e. The lowest BCUT2D eigenvalue weighted by atomic mass is 10.2. The lowest BCUT2D eigenvalue weighted by Gasteiger charge is -2.26. The molecule has 0 unspecified atom stereocenters. The molecule has 1 N–H and O–H groups in total. The molecule has 2 aromatic rings. The van der Waals surface area contributed by atoms with Gasteiger partial charge >= 0.3 is 0 Å². The van der Waals surface area contributed by atoms with Crippen LogP contribution in [0.1, 0.15) is 18.8 Å². The van der Waals surface area contributed by atoms with E-state index in [4.69, 9.17) is 9.47 Å². The van der Waals surface area contributed by atoms with E-state index in [0.717, 1.165) is 22.6 Å². The average molecular weight is 275 g/mol. The van der Waals surface area contributed by atoms with Crippen LogP contribution in [0.4, 0.5) is 0 Å². The van der Waals surface area contributed by atoms with Crippen molar-refractivity contribution >= 4 is 16.9 Å². The van der Waals surface area contributed by atoms with Crippen molar-refractivity contribution in [1.29, 1.82) is 0 Å². The van der Waals surface area contributed by atoms with Gasteiger partial charge in [-0.05, 0) is 12.1 Å². The summed E-state index contributed by atoms with van der Waals surface area (Å²) in [5.74, 6) is 1.63. The van der Waals surface area contributed by atoms with Crippen LogP contribution in [0.2, 0.25) is 0 Å². The molecule has 0 saturated heterocycles. The van der Waals surface area contributed by atoms with E-state index in [9.17, 15) is 4.79 Å². The summed E-state index contributed by atoms with van der Waals surface area (Å²) in [6.45, 7) is 3.12. The van der Waals surface area contributed by atoms with E-state index in [2.05, 4.69) is 14.9 Å².